The minimum absolute atomic E-state index is 0.168. The van der Waals surface area contributed by atoms with Gasteiger partial charge in [0.05, 0.1) is 32.5 Å². The first-order valence-electron chi connectivity index (χ1n) is 49.9. The molecule has 0 spiro atoms. The van der Waals surface area contributed by atoms with E-state index in [9.17, 15) is 27.4 Å². The summed E-state index contributed by atoms with van der Waals surface area (Å²) in [6.07, 6.45) is 95.8. The quantitative estimate of drug-likeness (QED) is 0.0116. The van der Waals surface area contributed by atoms with Gasteiger partial charge < -0.3 is 53.5 Å². The SMILES string of the molecule is CCCCCCC=CC(=CCCCCCCC)OP(=O)(O)O.CCCCCCCCCC(CCCCCC)OP(=O)(O)O.CCCCCCCCCCCCCCCCOP(=O)(O)O.CCCCCCCCCCCCCCCCOP(=O)(O)O.CCCCCCCCCCCCCCOP(=O)(O)O.CCCCCCCCCCCCCOP(=O)(O)O. The van der Waals surface area contributed by atoms with Crippen LogP contribution in [0, 0.1) is 0 Å². The fourth-order valence-corrected chi connectivity index (χ4v) is 16.2. The molecule has 0 aromatic heterocycles. The van der Waals surface area contributed by atoms with E-state index >= 15 is 0 Å². The molecule has 1 atom stereocenters. The van der Waals surface area contributed by atoms with E-state index in [4.69, 9.17) is 67.8 Å². The summed E-state index contributed by atoms with van der Waals surface area (Å²) >= 11 is 0. The van der Waals surface area contributed by atoms with Crippen molar-refractivity contribution in [1.29, 1.82) is 0 Å². The van der Waals surface area contributed by atoms with Gasteiger partial charge in [0.1, 0.15) is 5.76 Å². The van der Waals surface area contributed by atoms with Gasteiger partial charge in [-0.15, -0.1) is 0 Å². The Morgan fingerprint density at radius 2 is 0.385 bits per heavy atom. The minimum atomic E-state index is -4.47. The molecule has 740 valence electrons. The topological polar surface area (TPSA) is 401 Å². The highest BCUT2D eigenvalue weighted by molar-refractivity contribution is 7.47. The highest BCUT2D eigenvalue weighted by atomic mass is 31.2. The Balaban J connectivity index is -0.000000331. The summed E-state index contributed by atoms with van der Waals surface area (Å²) in [6.45, 7) is 18.4. The summed E-state index contributed by atoms with van der Waals surface area (Å²) in [7, 11) is -25.8. The normalized spacial score (nSPS) is 12.4. The van der Waals surface area contributed by atoms with Crippen LogP contribution in [0.2, 0.25) is 0 Å². The van der Waals surface area contributed by atoms with E-state index in [1.165, 1.54) is 334 Å². The van der Waals surface area contributed by atoms with E-state index in [0.717, 1.165) is 148 Å². The first kappa shape index (κ1) is 133. The molecule has 0 fully saturated rings. The molecule has 0 aliphatic rings. The Morgan fingerprint density at radius 1 is 0.213 bits per heavy atom. The van der Waals surface area contributed by atoms with Gasteiger partial charge in [-0.3, -0.25) is 32.4 Å². The van der Waals surface area contributed by atoms with E-state index in [1.54, 1.807) is 12.2 Å². The zero-order chi connectivity index (χ0) is 92.4. The van der Waals surface area contributed by atoms with E-state index in [1.807, 2.05) is 6.08 Å². The first-order valence-corrected chi connectivity index (χ1v) is 59.1. The van der Waals surface area contributed by atoms with Crippen molar-refractivity contribution in [2.45, 2.75) is 543 Å². The summed E-state index contributed by atoms with van der Waals surface area (Å²) in [5.41, 5.74) is 0. The molecule has 0 radical (unpaired) electrons. The summed E-state index contributed by atoms with van der Waals surface area (Å²) in [5.74, 6) is 0.291. The van der Waals surface area contributed by atoms with Crippen molar-refractivity contribution in [3.05, 3.63) is 24.0 Å². The van der Waals surface area contributed by atoms with E-state index < -0.39 is 46.9 Å². The molecule has 0 bridgehead atoms. The molecule has 24 nitrogen and oxygen atoms in total. The van der Waals surface area contributed by atoms with E-state index in [2.05, 4.69) is 73.5 Å². The Bertz CT molecular complexity index is 2350. The molecule has 0 aromatic carbocycles. The van der Waals surface area contributed by atoms with Crippen LogP contribution in [0.5, 0.6) is 0 Å². The van der Waals surface area contributed by atoms with Crippen LogP contribution in [0.4, 0.5) is 0 Å². The zero-order valence-electron chi connectivity index (χ0n) is 79.6. The molecule has 0 saturated heterocycles. The standard InChI is InChI=1S/C17H33O4P.3C16H35O4P.C14H31O4P.C13H29O4P/c1-3-5-7-9-11-13-15-17(21-22(18,19)20)16-14-12-10-8-6-4-2;1-3-5-7-9-10-11-13-15-16(20-21(17,18)19)14-12-8-6-4-2;2*1-2-3-4-5-6-7-8-9-10-11-12-13-14-15-16-20-21(17,18)19;1-2-3-4-5-6-7-8-9-10-11-12-13-14-18-19(15,16)17;1-2-3-4-5-6-7-8-9-10-11-12-13-17-18(14,15)16/h13,15-16H,3-12,14H2,1-2H3,(H2,18,19,20);16H,3-15H2,1-2H3,(H2,17,18,19);2*2-16H2,1H3,(H2,17,18,19);2-14H2,1H3,(H2,15,16,17);2-13H2,1H3,(H2,14,15,16). The Morgan fingerprint density at radius 3 is 0.582 bits per heavy atom. The molecule has 0 aliphatic heterocycles. The van der Waals surface area contributed by atoms with Gasteiger partial charge in [-0.05, 0) is 76.4 Å². The van der Waals surface area contributed by atoms with Crippen LogP contribution in [0.25, 0.3) is 0 Å². The summed E-state index contributed by atoms with van der Waals surface area (Å²) in [4.78, 5) is 104. The van der Waals surface area contributed by atoms with Gasteiger partial charge in [-0.2, -0.15) is 0 Å². The number of unbranched alkanes of at least 4 members (excludes halogenated alkanes) is 65. The molecule has 122 heavy (non-hydrogen) atoms. The predicted molar refractivity (Wildman–Crippen MR) is 511 cm³/mol. The monoisotopic (exact) mass is 1870 g/mol. The highest BCUT2D eigenvalue weighted by Gasteiger charge is 2.22. The number of phosphoric acid groups is 6. The van der Waals surface area contributed by atoms with E-state index in [-0.39, 0.29) is 32.5 Å². The largest absolute Gasteiger partial charge is 0.524 e. The van der Waals surface area contributed by atoms with Crippen molar-refractivity contribution in [2.24, 2.45) is 0 Å². The molecule has 0 amide bonds. The Labute approximate surface area is 749 Å². The summed E-state index contributed by atoms with van der Waals surface area (Å²) < 4.78 is 90.9. The fourth-order valence-electron chi connectivity index (χ4n) is 13.8. The van der Waals surface area contributed by atoms with Gasteiger partial charge in [0.25, 0.3) is 0 Å². The second-order valence-electron chi connectivity index (χ2n) is 33.5. The van der Waals surface area contributed by atoms with Gasteiger partial charge in [0, 0.05) is 0 Å². The lowest BCUT2D eigenvalue weighted by atomic mass is 10.0. The first-order chi connectivity index (χ1) is 58.2. The van der Waals surface area contributed by atoms with Gasteiger partial charge in [0.2, 0.25) is 0 Å². The second-order valence-corrected chi connectivity index (χ2v) is 40.8. The molecule has 0 aliphatic carbocycles. The second kappa shape index (κ2) is 103. The molecule has 0 saturated carbocycles. The number of hydrogen-bond donors (Lipinski definition) is 12. The lowest BCUT2D eigenvalue weighted by Crippen LogP contribution is -2.11. The maximum Gasteiger partial charge on any atom is 0.524 e. The van der Waals surface area contributed by atoms with Crippen LogP contribution in [0.1, 0.15) is 537 Å². The predicted octanol–water partition coefficient (Wildman–Crippen LogP) is 31.8. The van der Waals surface area contributed by atoms with Crippen molar-refractivity contribution in [1.82, 2.24) is 0 Å². The highest BCUT2D eigenvalue weighted by Crippen LogP contribution is 2.42. The van der Waals surface area contributed by atoms with Crippen molar-refractivity contribution < 1.29 is 113 Å². The lowest BCUT2D eigenvalue weighted by molar-refractivity contribution is 0.115. The fraction of sp³-hybridized carbons (Fsp3) is 0.957. The molecule has 1 unspecified atom stereocenters. The third-order valence-electron chi connectivity index (χ3n) is 21.0. The van der Waals surface area contributed by atoms with Crippen LogP contribution in [0.15, 0.2) is 24.0 Å². The van der Waals surface area contributed by atoms with Gasteiger partial charge >= 0.3 is 46.9 Å². The number of allylic oxidation sites excluding steroid dienone is 3. The number of rotatable bonds is 88. The maximum absolute atomic E-state index is 11.0. The molecule has 30 heteroatoms. The number of hydrogen-bond acceptors (Lipinski definition) is 12. The Kier molecular flexibility index (Phi) is 112. The van der Waals surface area contributed by atoms with Crippen molar-refractivity contribution in [2.75, 3.05) is 26.4 Å². The molecule has 0 rings (SSSR count). The third-order valence-corrected chi connectivity index (χ3v) is 24.1. The molecule has 0 aromatic rings. The van der Waals surface area contributed by atoms with Crippen LogP contribution < -0.4 is 0 Å². The average molecular weight is 1870 g/mol. The molecular formula is C92H198O24P6. The third kappa shape index (κ3) is 146. The summed E-state index contributed by atoms with van der Waals surface area (Å²) in [6, 6.07) is 0. The van der Waals surface area contributed by atoms with Crippen molar-refractivity contribution in [3.63, 3.8) is 0 Å². The van der Waals surface area contributed by atoms with Gasteiger partial charge in [-0.1, -0.05) is 479 Å². The Hall–Kier alpha value is -0.0200. The molecule has 0 heterocycles. The van der Waals surface area contributed by atoms with Crippen molar-refractivity contribution >= 4 is 46.9 Å². The number of phosphoric ester groups is 6. The average Bonchev–Trinajstić information content (AvgIpc) is 0.930. The van der Waals surface area contributed by atoms with Crippen LogP contribution in [-0.4, -0.2) is 91.3 Å². The maximum atomic E-state index is 11.0. The molecular weight excluding hydrogens is 1670 g/mol. The van der Waals surface area contributed by atoms with Crippen LogP contribution in [0.3, 0.4) is 0 Å². The van der Waals surface area contributed by atoms with Gasteiger partial charge in [-0.25, -0.2) is 27.4 Å². The van der Waals surface area contributed by atoms with Crippen molar-refractivity contribution in [3.8, 4) is 0 Å². The van der Waals surface area contributed by atoms with E-state index in [0.29, 0.717) is 5.76 Å². The van der Waals surface area contributed by atoms with Gasteiger partial charge in [0.15, 0.2) is 0 Å². The summed E-state index contributed by atoms with van der Waals surface area (Å²) in [5, 5.41) is 0. The van der Waals surface area contributed by atoms with Crippen LogP contribution >= 0.6 is 46.9 Å². The minimum Gasteiger partial charge on any atom is -0.405 e. The zero-order valence-corrected chi connectivity index (χ0v) is 85.0. The molecule has 12 N–H and O–H groups in total. The smallest absolute Gasteiger partial charge is 0.405 e. The lowest BCUT2D eigenvalue weighted by Gasteiger charge is -2.18. The van der Waals surface area contributed by atoms with Crippen LogP contribution in [-0.2, 0) is 54.5 Å².